The highest BCUT2D eigenvalue weighted by Gasteiger charge is 2.21. The highest BCUT2D eigenvalue weighted by atomic mass is 19.1. The van der Waals surface area contributed by atoms with Gasteiger partial charge in [0.25, 0.3) is 5.56 Å². The average molecular weight is 344 g/mol. The number of halogens is 1. The number of nitrogens with one attached hydrogen (secondary N) is 1. The number of nitrogens with two attached hydrogens (primary N) is 1. The van der Waals surface area contributed by atoms with Crippen LogP contribution in [0.2, 0.25) is 0 Å². The van der Waals surface area contributed by atoms with Crippen LogP contribution < -0.4 is 16.6 Å². The Kier molecular flexibility index (Phi) is 4.01. The molecular formula is C15H13FN6O3. The maximum atomic E-state index is 14.1. The molecule has 25 heavy (non-hydrogen) atoms. The third-order valence-corrected chi connectivity index (χ3v) is 3.49. The van der Waals surface area contributed by atoms with Crippen molar-refractivity contribution in [2.24, 2.45) is 0 Å². The van der Waals surface area contributed by atoms with Crippen LogP contribution in [0.3, 0.4) is 0 Å². The minimum atomic E-state index is -1.31. The Morgan fingerprint density at radius 2 is 2.12 bits per heavy atom. The summed E-state index contributed by atoms with van der Waals surface area (Å²) in [5.74, 6) is -0.472. The molecule has 9 nitrogen and oxygen atoms in total. The van der Waals surface area contributed by atoms with Crippen molar-refractivity contribution in [3.63, 3.8) is 0 Å². The van der Waals surface area contributed by atoms with Gasteiger partial charge in [0.1, 0.15) is 23.0 Å². The molecule has 0 bridgehead atoms. The summed E-state index contributed by atoms with van der Waals surface area (Å²) >= 11 is 0. The summed E-state index contributed by atoms with van der Waals surface area (Å²) in [6, 6.07) is 3.07. The monoisotopic (exact) mass is 344 g/mol. The topological polar surface area (TPSA) is 136 Å². The van der Waals surface area contributed by atoms with Crippen molar-refractivity contribution in [1.29, 1.82) is 0 Å². The molecule has 0 aliphatic heterocycles. The Labute approximate surface area is 140 Å². The number of nitrogen functional groups attached to an aromatic ring is 1. The van der Waals surface area contributed by atoms with Gasteiger partial charge in [-0.05, 0) is 19.1 Å². The highest BCUT2D eigenvalue weighted by Crippen LogP contribution is 2.18. The maximum Gasteiger partial charge on any atom is 0.405 e. The second kappa shape index (κ2) is 6.15. The van der Waals surface area contributed by atoms with E-state index in [-0.39, 0.29) is 28.4 Å². The number of carbonyl (C=O) groups is 1. The van der Waals surface area contributed by atoms with Gasteiger partial charge < -0.3 is 16.2 Å². The molecule has 1 aromatic carbocycles. The third kappa shape index (κ3) is 2.96. The lowest BCUT2D eigenvalue weighted by molar-refractivity contribution is 0.190. The second-order valence-electron chi connectivity index (χ2n) is 5.22. The molecule has 128 valence electrons. The number of fused-ring (bicyclic) bond motifs is 1. The number of amides is 1. The standard InChI is InChI=1S/C15H13FN6O3/c1-7(20-15(24)25)13-21-12-8(3-2-4-9(12)16)14(23)22(13)11-6-18-10(17)5-19-11/h2-7,20H,1H3,(H2,17,18)(H,24,25). The summed E-state index contributed by atoms with van der Waals surface area (Å²) in [4.78, 5) is 35.9. The van der Waals surface area contributed by atoms with E-state index in [0.717, 1.165) is 4.57 Å². The molecule has 1 atom stereocenters. The summed E-state index contributed by atoms with van der Waals surface area (Å²) in [5.41, 5.74) is 4.75. The fourth-order valence-corrected chi connectivity index (χ4v) is 2.40. The molecule has 3 rings (SSSR count). The molecule has 0 aliphatic rings. The Balaban J connectivity index is 2.35. The van der Waals surface area contributed by atoms with Crippen LogP contribution in [0, 0.1) is 5.82 Å². The van der Waals surface area contributed by atoms with Crippen LogP contribution in [0.1, 0.15) is 18.8 Å². The number of anilines is 1. The smallest absolute Gasteiger partial charge is 0.405 e. The van der Waals surface area contributed by atoms with E-state index in [0.29, 0.717) is 0 Å². The number of nitrogens with zero attached hydrogens (tertiary/aromatic N) is 4. The zero-order chi connectivity index (χ0) is 18.1. The van der Waals surface area contributed by atoms with Crippen molar-refractivity contribution in [3.05, 3.63) is 52.6 Å². The first kappa shape index (κ1) is 16.3. The number of hydrogen-bond donors (Lipinski definition) is 3. The van der Waals surface area contributed by atoms with E-state index in [1.165, 1.54) is 37.5 Å². The van der Waals surface area contributed by atoms with Crippen LogP contribution in [0.5, 0.6) is 0 Å². The lowest BCUT2D eigenvalue weighted by Crippen LogP contribution is -2.33. The minimum Gasteiger partial charge on any atom is -0.465 e. The first-order valence-electron chi connectivity index (χ1n) is 7.17. The van der Waals surface area contributed by atoms with Gasteiger partial charge in [-0.1, -0.05) is 6.07 Å². The number of rotatable bonds is 3. The van der Waals surface area contributed by atoms with Crippen molar-refractivity contribution in [2.75, 3.05) is 5.73 Å². The largest absolute Gasteiger partial charge is 0.465 e. The molecule has 1 amide bonds. The molecular weight excluding hydrogens is 331 g/mol. The molecule has 3 aromatic rings. The summed E-state index contributed by atoms with van der Waals surface area (Å²) in [7, 11) is 0. The Morgan fingerprint density at radius 1 is 1.36 bits per heavy atom. The first-order chi connectivity index (χ1) is 11.9. The van der Waals surface area contributed by atoms with Crippen molar-refractivity contribution >= 4 is 22.8 Å². The Morgan fingerprint density at radius 3 is 2.76 bits per heavy atom. The zero-order valence-corrected chi connectivity index (χ0v) is 13.0. The van der Waals surface area contributed by atoms with Crippen LogP contribution in [0.25, 0.3) is 16.7 Å². The molecule has 0 fully saturated rings. The summed E-state index contributed by atoms with van der Waals surface area (Å²) in [6.07, 6.45) is 1.18. The molecule has 0 aliphatic carbocycles. The molecule has 2 aromatic heterocycles. The van der Waals surface area contributed by atoms with Gasteiger partial charge in [-0.25, -0.2) is 28.7 Å². The SMILES string of the molecule is CC(NC(=O)O)c1nc2c(F)cccc2c(=O)n1-c1cnc(N)cn1. The van der Waals surface area contributed by atoms with E-state index in [4.69, 9.17) is 10.8 Å². The Bertz CT molecular complexity index is 1020. The molecule has 4 N–H and O–H groups in total. The summed E-state index contributed by atoms with van der Waals surface area (Å²) in [5, 5.41) is 11.2. The van der Waals surface area contributed by atoms with E-state index >= 15 is 0 Å². The number of carboxylic acid groups (broad SMARTS) is 1. The van der Waals surface area contributed by atoms with Gasteiger partial charge in [0, 0.05) is 0 Å². The van der Waals surface area contributed by atoms with Crippen molar-refractivity contribution in [2.45, 2.75) is 13.0 Å². The predicted octanol–water partition coefficient (Wildman–Crippen LogP) is 1.23. The maximum absolute atomic E-state index is 14.1. The minimum absolute atomic E-state index is 0.0240. The predicted molar refractivity (Wildman–Crippen MR) is 86.9 cm³/mol. The van der Waals surface area contributed by atoms with Crippen molar-refractivity contribution < 1.29 is 14.3 Å². The summed E-state index contributed by atoms with van der Waals surface area (Å²) in [6.45, 7) is 1.48. The first-order valence-corrected chi connectivity index (χ1v) is 7.17. The Hall–Kier alpha value is -3.56. The van der Waals surface area contributed by atoms with Crippen LogP contribution >= 0.6 is 0 Å². The van der Waals surface area contributed by atoms with Crippen molar-refractivity contribution in [3.8, 4) is 5.82 Å². The molecule has 2 heterocycles. The number of aromatic nitrogens is 4. The number of para-hydroxylation sites is 1. The zero-order valence-electron chi connectivity index (χ0n) is 13.0. The normalized spacial score (nSPS) is 12.1. The van der Waals surface area contributed by atoms with Crippen LogP contribution in [0.15, 0.2) is 35.4 Å². The number of benzene rings is 1. The molecule has 10 heteroatoms. The molecule has 0 radical (unpaired) electrons. The fraction of sp³-hybridized carbons (Fsp3) is 0.133. The number of hydrogen-bond acceptors (Lipinski definition) is 6. The molecule has 0 spiro atoms. The third-order valence-electron chi connectivity index (χ3n) is 3.49. The van der Waals surface area contributed by atoms with E-state index in [2.05, 4.69) is 20.3 Å². The van der Waals surface area contributed by atoms with Crippen molar-refractivity contribution in [1.82, 2.24) is 24.8 Å². The fourth-order valence-electron chi connectivity index (χ4n) is 2.40. The summed E-state index contributed by atoms with van der Waals surface area (Å²) < 4.78 is 15.1. The molecule has 0 saturated carbocycles. The van der Waals surface area contributed by atoms with E-state index in [1.807, 2.05) is 0 Å². The highest BCUT2D eigenvalue weighted by molar-refractivity contribution is 5.78. The van der Waals surface area contributed by atoms with Gasteiger partial charge >= 0.3 is 6.09 Å². The molecule has 1 unspecified atom stereocenters. The molecule has 0 saturated heterocycles. The van der Waals surface area contributed by atoms with Crippen LogP contribution in [0.4, 0.5) is 15.0 Å². The van der Waals surface area contributed by atoms with Gasteiger partial charge in [0.05, 0.1) is 23.8 Å². The van der Waals surface area contributed by atoms with E-state index < -0.39 is 23.5 Å². The lowest BCUT2D eigenvalue weighted by Gasteiger charge is -2.17. The van der Waals surface area contributed by atoms with E-state index in [9.17, 15) is 14.0 Å². The van der Waals surface area contributed by atoms with Gasteiger partial charge in [0.15, 0.2) is 5.82 Å². The average Bonchev–Trinajstić information content (AvgIpc) is 2.56. The van der Waals surface area contributed by atoms with Crippen LogP contribution in [-0.2, 0) is 0 Å². The quantitative estimate of drug-likeness (QED) is 0.650. The van der Waals surface area contributed by atoms with Gasteiger partial charge in [-0.2, -0.15) is 0 Å². The van der Waals surface area contributed by atoms with Gasteiger partial charge in [0.2, 0.25) is 0 Å². The van der Waals surface area contributed by atoms with Crippen LogP contribution in [-0.4, -0.2) is 30.7 Å². The van der Waals surface area contributed by atoms with Gasteiger partial charge in [-0.15, -0.1) is 0 Å². The lowest BCUT2D eigenvalue weighted by atomic mass is 10.2. The second-order valence-corrected chi connectivity index (χ2v) is 5.22. The van der Waals surface area contributed by atoms with Gasteiger partial charge in [-0.3, -0.25) is 4.79 Å². The van der Waals surface area contributed by atoms with E-state index in [1.54, 1.807) is 0 Å².